The predicted molar refractivity (Wildman–Crippen MR) is 75.3 cm³/mol. The molecule has 1 N–H and O–H groups in total. The summed E-state index contributed by atoms with van der Waals surface area (Å²) < 4.78 is 0. The lowest BCUT2D eigenvalue weighted by Gasteiger charge is -2.34. The van der Waals surface area contributed by atoms with Gasteiger partial charge in [-0.1, -0.05) is 20.8 Å². The van der Waals surface area contributed by atoms with E-state index in [1.807, 2.05) is 11.8 Å². The van der Waals surface area contributed by atoms with Gasteiger partial charge in [-0.05, 0) is 41.1 Å². The highest BCUT2D eigenvalue weighted by molar-refractivity contribution is 8.04. The van der Waals surface area contributed by atoms with Crippen molar-refractivity contribution in [1.29, 1.82) is 0 Å². The smallest absolute Gasteiger partial charge is 0.235 e. The molecule has 98 valence electrons. The van der Waals surface area contributed by atoms with E-state index in [0.717, 1.165) is 18.8 Å². The summed E-state index contributed by atoms with van der Waals surface area (Å²) in [6.07, 6.45) is 4.99. The quantitative estimate of drug-likeness (QED) is 0.731. The van der Waals surface area contributed by atoms with Gasteiger partial charge in [-0.15, -0.1) is 11.8 Å². The maximum Gasteiger partial charge on any atom is 0.235 e. The summed E-state index contributed by atoms with van der Waals surface area (Å²) in [6.45, 7) is 6.96. The van der Waals surface area contributed by atoms with E-state index in [0.29, 0.717) is 5.41 Å². The van der Waals surface area contributed by atoms with Gasteiger partial charge >= 0.3 is 0 Å². The molecule has 0 spiro atoms. The minimum absolute atomic E-state index is 0.0101. The highest BCUT2D eigenvalue weighted by atomic mass is 32.2. The lowest BCUT2D eigenvalue weighted by molar-refractivity contribution is -0.122. The van der Waals surface area contributed by atoms with Gasteiger partial charge < -0.3 is 5.32 Å². The number of thioether (sulfide) groups is 1. The monoisotopic (exact) mass is 264 g/mol. The van der Waals surface area contributed by atoms with Gasteiger partial charge in [0.15, 0.2) is 0 Å². The lowest BCUT2D eigenvalue weighted by atomic mass is 9.71. The zero-order chi connectivity index (χ0) is 12.9. The molecule has 0 saturated carbocycles. The van der Waals surface area contributed by atoms with Crippen molar-refractivity contribution in [3.05, 3.63) is 10.5 Å². The molecule has 0 radical (unpaired) electrons. The standard InChI is InChI=1S/C14H20N2OS/c1-14(2,3)8-4-5-9-10(6-8)18-13-11(9)12(17)15-7-16-13/h7-8,11,13H,4-6H2,1-3H3,(H,15,16,17). The highest BCUT2D eigenvalue weighted by Crippen LogP contribution is 2.53. The average Bonchev–Trinajstić information content (AvgIpc) is 2.66. The fourth-order valence-corrected chi connectivity index (χ4v) is 4.69. The molecule has 0 saturated heterocycles. The second-order valence-corrected chi connectivity index (χ2v) is 7.74. The summed E-state index contributed by atoms with van der Waals surface area (Å²) in [4.78, 5) is 17.8. The summed E-state index contributed by atoms with van der Waals surface area (Å²) in [6, 6.07) is 0. The average molecular weight is 264 g/mol. The topological polar surface area (TPSA) is 41.5 Å². The van der Waals surface area contributed by atoms with Gasteiger partial charge in [-0.2, -0.15) is 0 Å². The Bertz CT molecular complexity index is 447. The second-order valence-electron chi connectivity index (χ2n) is 6.53. The van der Waals surface area contributed by atoms with Crippen LogP contribution in [0.3, 0.4) is 0 Å². The van der Waals surface area contributed by atoms with E-state index in [1.165, 1.54) is 16.9 Å². The number of nitrogens with zero attached hydrogens (tertiary/aromatic N) is 1. The summed E-state index contributed by atoms with van der Waals surface area (Å²) in [5, 5.41) is 2.86. The molecule has 3 unspecified atom stereocenters. The first-order valence-electron chi connectivity index (χ1n) is 6.67. The van der Waals surface area contributed by atoms with E-state index >= 15 is 0 Å². The first kappa shape index (κ1) is 12.3. The zero-order valence-electron chi connectivity index (χ0n) is 11.2. The Labute approximate surface area is 113 Å². The molecule has 0 aromatic carbocycles. The molecule has 1 amide bonds. The van der Waals surface area contributed by atoms with Crippen molar-refractivity contribution in [2.75, 3.05) is 0 Å². The van der Waals surface area contributed by atoms with Crippen LogP contribution in [0.1, 0.15) is 40.0 Å². The first-order chi connectivity index (χ1) is 8.47. The van der Waals surface area contributed by atoms with E-state index < -0.39 is 0 Å². The number of hydrogen-bond acceptors (Lipinski definition) is 3. The van der Waals surface area contributed by atoms with Crippen molar-refractivity contribution in [2.24, 2.45) is 22.2 Å². The molecule has 2 aliphatic heterocycles. The number of rotatable bonds is 0. The van der Waals surface area contributed by atoms with Crippen LogP contribution in [-0.4, -0.2) is 17.6 Å². The van der Waals surface area contributed by atoms with E-state index in [1.54, 1.807) is 6.34 Å². The number of carbonyl (C=O) groups excluding carboxylic acids is 1. The summed E-state index contributed by atoms with van der Waals surface area (Å²) in [7, 11) is 0. The van der Waals surface area contributed by atoms with E-state index in [4.69, 9.17) is 0 Å². The Morgan fingerprint density at radius 1 is 1.44 bits per heavy atom. The summed E-state index contributed by atoms with van der Waals surface area (Å²) in [5.74, 6) is 0.883. The van der Waals surface area contributed by atoms with Gasteiger partial charge in [0.2, 0.25) is 5.91 Å². The molecule has 2 heterocycles. The Hall–Kier alpha value is -0.770. The fourth-order valence-electron chi connectivity index (χ4n) is 3.17. The minimum Gasteiger partial charge on any atom is -0.317 e. The Morgan fingerprint density at radius 2 is 2.22 bits per heavy atom. The number of carbonyl (C=O) groups is 1. The van der Waals surface area contributed by atoms with Gasteiger partial charge in [0, 0.05) is 0 Å². The van der Waals surface area contributed by atoms with Crippen molar-refractivity contribution >= 4 is 24.0 Å². The van der Waals surface area contributed by atoms with Gasteiger partial charge in [-0.25, -0.2) is 0 Å². The minimum atomic E-state index is 0.0101. The number of allylic oxidation sites excluding steroid dienone is 1. The molecule has 3 nitrogen and oxygen atoms in total. The lowest BCUT2D eigenvalue weighted by Crippen LogP contribution is -2.39. The van der Waals surface area contributed by atoms with Gasteiger partial charge in [-0.3, -0.25) is 9.79 Å². The molecule has 0 aromatic rings. The Morgan fingerprint density at radius 3 is 2.94 bits per heavy atom. The number of amides is 1. The number of aliphatic imine (C=N–C) groups is 1. The van der Waals surface area contributed by atoms with Gasteiger partial charge in [0.05, 0.1) is 12.3 Å². The van der Waals surface area contributed by atoms with Gasteiger partial charge in [0.25, 0.3) is 0 Å². The molecule has 0 bridgehead atoms. The van der Waals surface area contributed by atoms with Crippen molar-refractivity contribution in [3.8, 4) is 0 Å². The van der Waals surface area contributed by atoms with Crippen molar-refractivity contribution in [2.45, 2.75) is 45.4 Å². The van der Waals surface area contributed by atoms with E-state index in [-0.39, 0.29) is 17.2 Å². The van der Waals surface area contributed by atoms with Crippen LogP contribution in [-0.2, 0) is 4.79 Å². The zero-order valence-corrected chi connectivity index (χ0v) is 12.0. The largest absolute Gasteiger partial charge is 0.317 e. The maximum absolute atomic E-state index is 12.0. The normalized spacial score (nSPS) is 35.3. The molecule has 1 aliphatic carbocycles. The third kappa shape index (κ3) is 1.91. The number of hydrogen-bond donors (Lipinski definition) is 1. The maximum atomic E-state index is 12.0. The number of fused-ring (bicyclic) bond motifs is 2. The first-order valence-corrected chi connectivity index (χ1v) is 7.55. The third-order valence-corrected chi connectivity index (χ3v) is 5.76. The van der Waals surface area contributed by atoms with Crippen LogP contribution in [0.5, 0.6) is 0 Å². The SMILES string of the molecule is CC(C)(C)C1CCC2=C(C1)SC1N=CNC(=O)C21. The number of nitrogens with one attached hydrogen (secondary N) is 1. The van der Waals surface area contributed by atoms with Crippen molar-refractivity contribution in [1.82, 2.24) is 5.32 Å². The van der Waals surface area contributed by atoms with Crippen molar-refractivity contribution in [3.63, 3.8) is 0 Å². The summed E-state index contributed by atoms with van der Waals surface area (Å²) in [5.41, 5.74) is 1.73. The fraction of sp³-hybridized carbons (Fsp3) is 0.714. The van der Waals surface area contributed by atoms with Crippen LogP contribution in [0.4, 0.5) is 0 Å². The highest BCUT2D eigenvalue weighted by Gasteiger charge is 2.44. The molecular formula is C14H20N2OS. The van der Waals surface area contributed by atoms with Gasteiger partial charge in [0.1, 0.15) is 5.37 Å². The van der Waals surface area contributed by atoms with E-state index in [9.17, 15) is 4.79 Å². The molecule has 0 aromatic heterocycles. The predicted octanol–water partition coefficient (Wildman–Crippen LogP) is 2.93. The molecular weight excluding hydrogens is 244 g/mol. The van der Waals surface area contributed by atoms with Crippen molar-refractivity contribution < 1.29 is 4.79 Å². The molecule has 4 heteroatoms. The molecule has 3 rings (SSSR count). The Balaban J connectivity index is 1.85. The van der Waals surface area contributed by atoms with Crippen LogP contribution in [0.15, 0.2) is 15.5 Å². The summed E-state index contributed by atoms with van der Waals surface area (Å²) >= 11 is 1.82. The van der Waals surface area contributed by atoms with Crippen LogP contribution < -0.4 is 5.32 Å². The molecule has 0 fully saturated rings. The van der Waals surface area contributed by atoms with Crippen LogP contribution >= 0.6 is 11.8 Å². The van der Waals surface area contributed by atoms with E-state index in [2.05, 4.69) is 31.1 Å². The third-order valence-electron chi connectivity index (χ3n) is 4.41. The van der Waals surface area contributed by atoms with Crippen LogP contribution in [0.2, 0.25) is 0 Å². The van der Waals surface area contributed by atoms with Crippen LogP contribution in [0, 0.1) is 17.3 Å². The molecule has 3 atom stereocenters. The van der Waals surface area contributed by atoms with Crippen LogP contribution in [0.25, 0.3) is 0 Å². The molecule has 3 aliphatic rings. The Kier molecular flexibility index (Phi) is 2.81. The second kappa shape index (κ2) is 4.12. The molecule has 18 heavy (non-hydrogen) atoms.